The summed E-state index contributed by atoms with van der Waals surface area (Å²) in [6.07, 6.45) is 2.94. The van der Waals surface area contributed by atoms with E-state index in [1.54, 1.807) is 14.2 Å². The van der Waals surface area contributed by atoms with Gasteiger partial charge in [0.1, 0.15) is 11.5 Å². The van der Waals surface area contributed by atoms with Crippen LogP contribution in [-0.4, -0.2) is 27.3 Å². The van der Waals surface area contributed by atoms with Crippen LogP contribution in [0.25, 0.3) is 0 Å². The van der Waals surface area contributed by atoms with Crippen LogP contribution in [0.4, 0.5) is 0 Å². The summed E-state index contributed by atoms with van der Waals surface area (Å²) in [7, 11) is 3.70. The summed E-state index contributed by atoms with van der Waals surface area (Å²) < 4.78 is 16.4. The molecule has 0 aliphatic carbocycles. The highest BCUT2D eigenvalue weighted by Crippen LogP contribution is 2.49. The lowest BCUT2D eigenvalue weighted by Crippen LogP contribution is -2.22. The number of carbonyl (C=O) groups is 1. The van der Waals surface area contributed by atoms with Gasteiger partial charge in [-0.3, -0.25) is 4.79 Å². The van der Waals surface area contributed by atoms with Gasteiger partial charge in [-0.05, 0) is 42.9 Å². The lowest BCUT2D eigenvalue weighted by atomic mass is 9.94. The van der Waals surface area contributed by atoms with Gasteiger partial charge in [-0.25, -0.2) is 0 Å². The van der Waals surface area contributed by atoms with Crippen LogP contribution >= 0.6 is 8.58 Å². The molecule has 0 aromatic heterocycles. The molecule has 0 amide bonds. The second-order valence-electron chi connectivity index (χ2n) is 6.83. The fourth-order valence-electron chi connectivity index (χ4n) is 3.27. The molecule has 2 unspecified atom stereocenters. The first kappa shape index (κ1) is 21.4. The fraction of sp³-hybridized carbons (Fsp3) is 0.409. The van der Waals surface area contributed by atoms with Gasteiger partial charge >= 0.3 is 0 Å². The third-order valence-corrected chi connectivity index (χ3v) is 6.40. The fourth-order valence-corrected chi connectivity index (χ4v) is 5.01. The van der Waals surface area contributed by atoms with Gasteiger partial charge in [0.2, 0.25) is 0 Å². The third kappa shape index (κ3) is 5.31. The Balaban J connectivity index is 2.52. The number of methoxy groups -OCH3 is 2. The maximum atomic E-state index is 11.6. The number of hydrogen-bond donors (Lipinski definition) is 0. The van der Waals surface area contributed by atoms with Gasteiger partial charge in [-0.2, -0.15) is 0 Å². The average molecular weight is 388 g/mol. The lowest BCUT2D eigenvalue weighted by Gasteiger charge is -2.32. The van der Waals surface area contributed by atoms with Crippen LogP contribution in [0.3, 0.4) is 0 Å². The minimum atomic E-state index is -0.181. The number of ether oxygens (including phenoxy) is 3. The predicted octanol–water partition coefficient (Wildman–Crippen LogP) is 4.82. The van der Waals surface area contributed by atoms with Crippen LogP contribution in [0, 0.1) is 6.92 Å². The van der Waals surface area contributed by atoms with Crippen molar-refractivity contribution in [2.75, 3.05) is 21.0 Å². The molecular weight excluding hydrogens is 359 g/mol. The monoisotopic (exact) mass is 388 g/mol. The van der Waals surface area contributed by atoms with Gasteiger partial charge in [-0.15, -0.1) is 0 Å². The van der Waals surface area contributed by atoms with Crippen molar-refractivity contribution in [1.29, 1.82) is 0 Å². The van der Waals surface area contributed by atoms with Gasteiger partial charge < -0.3 is 14.2 Å². The van der Waals surface area contributed by atoms with E-state index in [-0.39, 0.29) is 11.9 Å². The molecule has 0 bridgehead atoms. The molecule has 2 rings (SSSR count). The largest absolute Gasteiger partial charge is 0.497 e. The second kappa shape index (κ2) is 9.87. The minimum absolute atomic E-state index is 0.181. The normalized spacial score (nSPS) is 13.5. The van der Waals surface area contributed by atoms with Gasteiger partial charge in [0, 0.05) is 23.4 Å². The Morgan fingerprint density at radius 3 is 2.56 bits per heavy atom. The molecule has 2 atom stereocenters. The summed E-state index contributed by atoms with van der Waals surface area (Å²) in [4.78, 5) is 11.6. The van der Waals surface area contributed by atoms with E-state index in [4.69, 9.17) is 14.2 Å². The third-order valence-electron chi connectivity index (χ3n) is 4.61. The Labute approximate surface area is 164 Å². The molecule has 2 aromatic rings. The van der Waals surface area contributed by atoms with E-state index < -0.39 is 0 Å². The Kier molecular flexibility index (Phi) is 7.82. The van der Waals surface area contributed by atoms with E-state index in [2.05, 4.69) is 26.0 Å². The zero-order chi connectivity index (χ0) is 19.9. The molecule has 0 N–H and O–H groups in total. The molecule has 2 aromatic carbocycles. The summed E-state index contributed by atoms with van der Waals surface area (Å²) in [6, 6.07) is 12.0. The minimum Gasteiger partial charge on any atom is -0.497 e. The van der Waals surface area contributed by atoms with Crippen molar-refractivity contribution in [3.05, 3.63) is 53.1 Å². The highest BCUT2D eigenvalue weighted by atomic mass is 31.1. The highest BCUT2D eigenvalue weighted by molar-refractivity contribution is 7.48. The predicted molar refractivity (Wildman–Crippen MR) is 112 cm³/mol. The van der Waals surface area contributed by atoms with Crippen LogP contribution in [-0.2, 0) is 9.89 Å². The Morgan fingerprint density at radius 1 is 1.15 bits per heavy atom. The van der Waals surface area contributed by atoms with Gasteiger partial charge in [0.05, 0.1) is 7.11 Å². The standard InChI is InChI=1S/C22H29O4P/c1-6-11-22(3,27-21-10-7-16(2)12-17(21)14-23)19-13-18(25-5)8-9-20(19)26-15-24-4/h7-10,12-14,27H,6,11,15H2,1-5H3. The summed E-state index contributed by atoms with van der Waals surface area (Å²) in [5.41, 5.74) is 2.93. The van der Waals surface area contributed by atoms with Crippen molar-refractivity contribution in [2.24, 2.45) is 0 Å². The van der Waals surface area contributed by atoms with E-state index >= 15 is 0 Å². The first-order valence-electron chi connectivity index (χ1n) is 9.11. The Bertz CT molecular complexity index is 775. The quantitative estimate of drug-likeness (QED) is 0.333. The Hall–Kier alpha value is -1.90. The highest BCUT2D eigenvalue weighted by Gasteiger charge is 2.31. The maximum Gasteiger partial charge on any atom is 0.188 e. The van der Waals surface area contributed by atoms with Crippen molar-refractivity contribution in [3.63, 3.8) is 0 Å². The first-order valence-corrected chi connectivity index (χ1v) is 10.1. The molecule has 0 aliphatic rings. The van der Waals surface area contributed by atoms with Crippen molar-refractivity contribution < 1.29 is 19.0 Å². The van der Waals surface area contributed by atoms with E-state index in [0.29, 0.717) is 8.58 Å². The average Bonchev–Trinajstić information content (AvgIpc) is 2.67. The van der Waals surface area contributed by atoms with Crippen molar-refractivity contribution in [3.8, 4) is 11.5 Å². The molecule has 0 saturated carbocycles. The number of hydrogen-bond acceptors (Lipinski definition) is 4. The molecule has 4 nitrogen and oxygen atoms in total. The smallest absolute Gasteiger partial charge is 0.188 e. The van der Waals surface area contributed by atoms with E-state index in [9.17, 15) is 4.79 Å². The molecular formula is C22H29O4P. The molecule has 0 radical (unpaired) electrons. The van der Waals surface area contributed by atoms with Gasteiger partial charge in [0.25, 0.3) is 0 Å². The lowest BCUT2D eigenvalue weighted by molar-refractivity contribution is 0.0499. The summed E-state index contributed by atoms with van der Waals surface area (Å²) >= 11 is 0. The van der Waals surface area contributed by atoms with E-state index in [1.165, 1.54) is 0 Å². The number of benzene rings is 2. The van der Waals surface area contributed by atoms with E-state index in [1.807, 2.05) is 31.2 Å². The van der Waals surface area contributed by atoms with Crippen molar-refractivity contribution in [2.45, 2.75) is 38.8 Å². The van der Waals surface area contributed by atoms with Crippen LogP contribution in [0.5, 0.6) is 11.5 Å². The molecule has 5 heteroatoms. The van der Waals surface area contributed by atoms with Crippen LogP contribution in [0.1, 0.15) is 48.2 Å². The molecule has 0 fully saturated rings. The summed E-state index contributed by atoms with van der Waals surface area (Å²) in [6.45, 7) is 6.60. The molecule has 0 heterocycles. The number of aldehydes is 1. The summed E-state index contributed by atoms with van der Waals surface area (Å²) in [5, 5.41) is 0.895. The number of aryl methyl sites for hydroxylation is 1. The number of rotatable bonds is 10. The molecule has 146 valence electrons. The zero-order valence-electron chi connectivity index (χ0n) is 16.8. The van der Waals surface area contributed by atoms with Gasteiger partial charge in [0.15, 0.2) is 13.1 Å². The topological polar surface area (TPSA) is 44.8 Å². The zero-order valence-corrected chi connectivity index (χ0v) is 17.8. The van der Waals surface area contributed by atoms with Crippen molar-refractivity contribution >= 4 is 20.2 Å². The first-order chi connectivity index (χ1) is 13.0. The van der Waals surface area contributed by atoms with Crippen LogP contribution in [0.15, 0.2) is 36.4 Å². The molecule has 0 aliphatic heterocycles. The molecule has 0 spiro atoms. The van der Waals surface area contributed by atoms with Gasteiger partial charge in [-0.1, -0.05) is 46.5 Å². The van der Waals surface area contributed by atoms with Crippen LogP contribution < -0.4 is 14.8 Å². The molecule has 0 saturated heterocycles. The SMILES string of the molecule is CCCC(C)(Pc1ccc(C)cc1C=O)c1cc(OC)ccc1OCOC. The second-order valence-corrected chi connectivity index (χ2v) is 8.72. The number of carbonyl (C=O) groups excluding carboxylic acids is 1. The van der Waals surface area contributed by atoms with Crippen LogP contribution in [0.2, 0.25) is 0 Å². The van der Waals surface area contributed by atoms with E-state index in [0.717, 1.165) is 52.6 Å². The Morgan fingerprint density at radius 2 is 1.93 bits per heavy atom. The maximum absolute atomic E-state index is 11.6. The van der Waals surface area contributed by atoms with Crippen molar-refractivity contribution in [1.82, 2.24) is 0 Å². The summed E-state index contributed by atoms with van der Waals surface area (Å²) in [5.74, 6) is 1.59. The molecule has 27 heavy (non-hydrogen) atoms.